The van der Waals surface area contributed by atoms with Crippen LogP contribution in [0.1, 0.15) is 0 Å². The predicted octanol–water partition coefficient (Wildman–Crippen LogP) is -0.131. The quantitative estimate of drug-likeness (QED) is 0.799. The maximum atomic E-state index is 9.27. The first-order valence-corrected chi connectivity index (χ1v) is 5.45. The van der Waals surface area contributed by atoms with Gasteiger partial charge in [-0.2, -0.15) is 0 Å². The van der Waals surface area contributed by atoms with Crippen LogP contribution in [-0.2, 0) is 4.74 Å². The summed E-state index contributed by atoms with van der Waals surface area (Å²) in [5, 5.41) is 17.2. The second kappa shape index (κ2) is 3.97. The molecule has 2 aromatic rings. The van der Waals surface area contributed by atoms with Gasteiger partial charge in [-0.1, -0.05) is 17.0 Å². The van der Waals surface area contributed by atoms with Gasteiger partial charge in [0.2, 0.25) is 0 Å². The Bertz CT molecular complexity index is 516. The monoisotopic (exact) mass is 235 g/mol. The smallest absolute Gasteiger partial charge is 0.130 e. The van der Waals surface area contributed by atoms with Gasteiger partial charge in [0.25, 0.3) is 0 Å². The zero-order valence-electron chi connectivity index (χ0n) is 9.24. The van der Waals surface area contributed by atoms with E-state index in [4.69, 9.17) is 9.57 Å². The summed E-state index contributed by atoms with van der Waals surface area (Å²) in [4.78, 5) is 6.95. The van der Waals surface area contributed by atoms with Crippen LogP contribution in [0.4, 0.5) is 0 Å². The summed E-state index contributed by atoms with van der Waals surface area (Å²) in [6, 6.07) is 7.56. The number of rotatable bonds is 4. The van der Waals surface area contributed by atoms with Crippen LogP contribution in [0.2, 0.25) is 0 Å². The van der Waals surface area contributed by atoms with Crippen LogP contribution in [0, 0.1) is 5.41 Å². The van der Waals surface area contributed by atoms with Crippen molar-refractivity contribution in [2.45, 2.75) is 0 Å². The van der Waals surface area contributed by atoms with Crippen molar-refractivity contribution in [2.75, 3.05) is 26.4 Å². The van der Waals surface area contributed by atoms with Crippen molar-refractivity contribution in [1.82, 2.24) is 15.2 Å². The topological polar surface area (TPSA) is 69.4 Å². The number of aromatic nitrogens is 3. The molecule has 0 unspecified atom stereocenters. The third kappa shape index (κ3) is 1.75. The second-order valence-electron chi connectivity index (χ2n) is 4.38. The van der Waals surface area contributed by atoms with Crippen molar-refractivity contribution in [2.24, 2.45) is 5.41 Å². The normalized spacial score (nSPS) is 17.9. The molecule has 90 valence electrons. The minimum absolute atomic E-state index is 0.0552. The van der Waals surface area contributed by atoms with Gasteiger partial charge in [-0.25, -0.2) is 0 Å². The molecule has 0 atom stereocenters. The van der Waals surface area contributed by atoms with Crippen LogP contribution in [-0.4, -0.2) is 46.7 Å². The molecule has 6 nitrogen and oxygen atoms in total. The van der Waals surface area contributed by atoms with Crippen LogP contribution in [0.5, 0.6) is 0 Å². The highest BCUT2D eigenvalue weighted by molar-refractivity contribution is 5.73. The molecule has 1 saturated heterocycles. The van der Waals surface area contributed by atoms with E-state index in [1.165, 1.54) is 4.85 Å². The van der Waals surface area contributed by atoms with E-state index in [0.717, 1.165) is 11.0 Å². The van der Waals surface area contributed by atoms with Gasteiger partial charge in [0, 0.05) is 0 Å². The number of hydrogen-bond donors (Lipinski definition) is 1. The second-order valence-corrected chi connectivity index (χ2v) is 4.38. The first kappa shape index (κ1) is 10.5. The number of hydrogen-bond acceptors (Lipinski definition) is 5. The fraction of sp³-hybridized carbons (Fsp3) is 0.455. The van der Waals surface area contributed by atoms with E-state index in [1.807, 2.05) is 24.3 Å². The summed E-state index contributed by atoms with van der Waals surface area (Å²) in [6.07, 6.45) is 0. The first-order valence-electron chi connectivity index (χ1n) is 5.45. The summed E-state index contributed by atoms with van der Waals surface area (Å²) >= 11 is 0. The molecule has 0 saturated carbocycles. The molecule has 0 spiro atoms. The Kier molecular flexibility index (Phi) is 2.45. The lowest BCUT2D eigenvalue weighted by molar-refractivity contribution is -0.170. The summed E-state index contributed by atoms with van der Waals surface area (Å²) in [7, 11) is 0. The Labute approximate surface area is 97.7 Å². The Morgan fingerprint density at radius 3 is 2.94 bits per heavy atom. The molecule has 3 rings (SSSR count). The standard InChI is InChI=1S/C11H13N3O3/c15-5-11(6-16-7-11)8-17-14-10-4-2-1-3-9(10)12-13-14/h1-4,15H,5-8H2. The maximum Gasteiger partial charge on any atom is 0.130 e. The molecule has 1 N–H and O–H groups in total. The molecule has 1 aliphatic heterocycles. The molecule has 2 heterocycles. The lowest BCUT2D eigenvalue weighted by Gasteiger charge is -2.38. The van der Waals surface area contributed by atoms with Crippen LogP contribution in [0.3, 0.4) is 0 Å². The molecule has 1 aliphatic rings. The van der Waals surface area contributed by atoms with E-state index in [-0.39, 0.29) is 12.0 Å². The lowest BCUT2D eigenvalue weighted by Crippen LogP contribution is -2.51. The van der Waals surface area contributed by atoms with Crippen molar-refractivity contribution >= 4 is 11.0 Å². The predicted molar refractivity (Wildman–Crippen MR) is 59.3 cm³/mol. The number of ether oxygens (including phenoxy) is 1. The minimum Gasteiger partial charge on any atom is -0.395 e. The zero-order valence-corrected chi connectivity index (χ0v) is 9.24. The summed E-state index contributed by atoms with van der Waals surface area (Å²) < 4.78 is 5.10. The van der Waals surface area contributed by atoms with Crippen molar-refractivity contribution in [3.8, 4) is 0 Å². The zero-order chi connectivity index (χ0) is 11.7. The number of nitrogens with zero attached hydrogens (tertiary/aromatic N) is 3. The molecule has 6 heteroatoms. The third-order valence-corrected chi connectivity index (χ3v) is 2.97. The maximum absolute atomic E-state index is 9.27. The summed E-state index contributed by atoms with van der Waals surface area (Å²) in [5.74, 6) is 0. The van der Waals surface area contributed by atoms with Crippen molar-refractivity contribution < 1.29 is 14.7 Å². The summed E-state index contributed by atoms with van der Waals surface area (Å²) in [6.45, 7) is 1.47. The molecular formula is C11H13N3O3. The van der Waals surface area contributed by atoms with E-state index >= 15 is 0 Å². The number of benzene rings is 1. The minimum atomic E-state index is -0.285. The van der Waals surface area contributed by atoms with Crippen molar-refractivity contribution in [3.63, 3.8) is 0 Å². The number of aliphatic hydroxyl groups is 1. The molecular weight excluding hydrogens is 222 g/mol. The van der Waals surface area contributed by atoms with E-state index in [9.17, 15) is 5.11 Å². The lowest BCUT2D eigenvalue weighted by atomic mass is 9.88. The highest BCUT2D eigenvalue weighted by Gasteiger charge is 2.39. The van der Waals surface area contributed by atoms with Crippen LogP contribution in [0.15, 0.2) is 24.3 Å². The third-order valence-electron chi connectivity index (χ3n) is 2.97. The van der Waals surface area contributed by atoms with Gasteiger partial charge in [-0.05, 0) is 17.3 Å². The Morgan fingerprint density at radius 2 is 2.24 bits per heavy atom. The van der Waals surface area contributed by atoms with Crippen LogP contribution < -0.4 is 4.84 Å². The highest BCUT2D eigenvalue weighted by Crippen LogP contribution is 2.26. The first-order chi connectivity index (χ1) is 8.33. The number of fused-ring (bicyclic) bond motifs is 1. The van der Waals surface area contributed by atoms with Crippen molar-refractivity contribution in [3.05, 3.63) is 24.3 Å². The van der Waals surface area contributed by atoms with E-state index < -0.39 is 0 Å². The summed E-state index contributed by atoms with van der Waals surface area (Å²) in [5.41, 5.74) is 1.32. The average molecular weight is 235 g/mol. The molecule has 0 amide bonds. The van der Waals surface area contributed by atoms with E-state index in [0.29, 0.717) is 19.8 Å². The van der Waals surface area contributed by atoms with Gasteiger partial charge >= 0.3 is 0 Å². The molecule has 1 aromatic heterocycles. The van der Waals surface area contributed by atoms with Gasteiger partial charge < -0.3 is 14.7 Å². The Balaban J connectivity index is 1.77. The van der Waals surface area contributed by atoms with Gasteiger partial charge in [-0.15, -0.1) is 5.10 Å². The largest absolute Gasteiger partial charge is 0.395 e. The molecule has 0 radical (unpaired) electrons. The molecule has 0 aliphatic carbocycles. The highest BCUT2D eigenvalue weighted by atomic mass is 16.7. The fourth-order valence-electron chi connectivity index (χ4n) is 1.75. The average Bonchev–Trinajstić information content (AvgIpc) is 2.72. The SMILES string of the molecule is OCC1(COn2nnc3ccccc32)COC1. The van der Waals surface area contributed by atoms with Crippen LogP contribution >= 0.6 is 0 Å². The van der Waals surface area contributed by atoms with Gasteiger partial charge in [-0.3, -0.25) is 0 Å². The molecule has 0 bridgehead atoms. The van der Waals surface area contributed by atoms with Gasteiger partial charge in [0.15, 0.2) is 0 Å². The molecule has 1 fully saturated rings. The van der Waals surface area contributed by atoms with Crippen molar-refractivity contribution in [1.29, 1.82) is 0 Å². The molecule has 17 heavy (non-hydrogen) atoms. The number of para-hydroxylation sites is 1. The van der Waals surface area contributed by atoms with Gasteiger partial charge in [0.1, 0.15) is 17.6 Å². The molecule has 1 aromatic carbocycles. The van der Waals surface area contributed by atoms with Gasteiger partial charge in [0.05, 0.1) is 25.2 Å². The van der Waals surface area contributed by atoms with E-state index in [2.05, 4.69) is 10.3 Å². The Morgan fingerprint density at radius 1 is 1.41 bits per heavy atom. The van der Waals surface area contributed by atoms with E-state index in [1.54, 1.807) is 0 Å². The Hall–Kier alpha value is -1.66. The number of aliphatic hydroxyl groups excluding tert-OH is 1. The fourth-order valence-corrected chi connectivity index (χ4v) is 1.75. The van der Waals surface area contributed by atoms with Crippen LogP contribution in [0.25, 0.3) is 11.0 Å².